The first kappa shape index (κ1) is 13.0. The summed E-state index contributed by atoms with van der Waals surface area (Å²) in [5.41, 5.74) is 7.74. The third-order valence-electron chi connectivity index (χ3n) is 5.15. The van der Waals surface area contributed by atoms with Gasteiger partial charge in [-0.15, -0.1) is 0 Å². The van der Waals surface area contributed by atoms with Gasteiger partial charge in [-0.2, -0.15) is 0 Å². The molecule has 0 spiro atoms. The first-order valence-corrected chi connectivity index (χ1v) is 7.90. The van der Waals surface area contributed by atoms with Crippen molar-refractivity contribution in [3.8, 4) is 0 Å². The molecule has 0 bridgehead atoms. The van der Waals surface area contributed by atoms with Gasteiger partial charge in [-0.1, -0.05) is 31.4 Å². The van der Waals surface area contributed by atoms with Gasteiger partial charge in [0.2, 0.25) is 0 Å². The molecule has 1 heterocycles. The molecular formula is C16H27N3. The van der Waals surface area contributed by atoms with Gasteiger partial charge in [0.25, 0.3) is 0 Å². The van der Waals surface area contributed by atoms with Crippen LogP contribution in [0.25, 0.3) is 0 Å². The van der Waals surface area contributed by atoms with Crippen LogP contribution in [-0.4, -0.2) is 29.5 Å². The molecule has 0 radical (unpaired) electrons. The molecule has 0 aromatic heterocycles. The molecule has 3 atom stereocenters. The summed E-state index contributed by atoms with van der Waals surface area (Å²) >= 11 is 0. The molecule has 3 aliphatic rings. The summed E-state index contributed by atoms with van der Waals surface area (Å²) in [7, 11) is 0. The van der Waals surface area contributed by atoms with Crippen LogP contribution in [0.2, 0.25) is 0 Å². The van der Waals surface area contributed by atoms with Crippen LogP contribution in [0.1, 0.15) is 52.4 Å². The monoisotopic (exact) mass is 261 g/mol. The summed E-state index contributed by atoms with van der Waals surface area (Å²) in [4.78, 5) is 7.06. The maximum absolute atomic E-state index is 6.19. The van der Waals surface area contributed by atoms with Gasteiger partial charge in [-0.3, -0.25) is 4.99 Å². The van der Waals surface area contributed by atoms with Crippen molar-refractivity contribution in [2.24, 2.45) is 22.6 Å². The van der Waals surface area contributed by atoms with Gasteiger partial charge < -0.3 is 10.6 Å². The Balaban J connectivity index is 1.75. The molecule has 3 rings (SSSR count). The van der Waals surface area contributed by atoms with Gasteiger partial charge in [0.05, 0.1) is 12.6 Å². The average molecular weight is 261 g/mol. The van der Waals surface area contributed by atoms with E-state index in [0.29, 0.717) is 18.0 Å². The molecule has 1 saturated carbocycles. The third-order valence-corrected chi connectivity index (χ3v) is 5.15. The lowest BCUT2D eigenvalue weighted by atomic mass is 9.79. The third kappa shape index (κ3) is 2.52. The molecule has 0 aromatic rings. The molecule has 0 amide bonds. The fraction of sp³-hybridized carbons (Fsp3) is 0.812. The summed E-state index contributed by atoms with van der Waals surface area (Å²) in [6.45, 7) is 5.55. The normalized spacial score (nSPS) is 36.5. The number of hydrogen-bond donors (Lipinski definition) is 1. The molecule has 2 aliphatic carbocycles. The van der Waals surface area contributed by atoms with Gasteiger partial charge in [0.1, 0.15) is 0 Å². The Bertz CT molecular complexity index is 393. The molecule has 3 unspecified atom stereocenters. The van der Waals surface area contributed by atoms with Gasteiger partial charge in [0.15, 0.2) is 5.96 Å². The maximum atomic E-state index is 6.19. The van der Waals surface area contributed by atoms with Crippen molar-refractivity contribution in [2.45, 2.75) is 64.5 Å². The predicted octanol–water partition coefficient (Wildman–Crippen LogP) is 2.92. The van der Waals surface area contributed by atoms with Crippen LogP contribution in [0.15, 0.2) is 16.6 Å². The topological polar surface area (TPSA) is 41.6 Å². The van der Waals surface area contributed by atoms with E-state index < -0.39 is 0 Å². The number of hydrogen-bond acceptors (Lipinski definition) is 3. The molecule has 3 heteroatoms. The Kier molecular flexibility index (Phi) is 3.55. The fourth-order valence-electron chi connectivity index (χ4n) is 4.43. The van der Waals surface area contributed by atoms with Crippen molar-refractivity contribution in [1.82, 2.24) is 4.90 Å². The number of aliphatic imine (C=N–C) groups is 1. The Morgan fingerprint density at radius 2 is 2.05 bits per heavy atom. The standard InChI is InChI=1S/C16H27N3/c1-11-7-12(2)9-13(8-11)15-10-18-16(17)19(15)14-5-3-4-6-14/h7,11,13-15H,3-6,8-10H2,1-2H3,(H2,17,18). The summed E-state index contributed by atoms with van der Waals surface area (Å²) in [5.74, 6) is 2.27. The smallest absolute Gasteiger partial charge is 0.191 e. The molecule has 3 nitrogen and oxygen atoms in total. The molecule has 2 N–H and O–H groups in total. The van der Waals surface area contributed by atoms with Crippen LogP contribution < -0.4 is 5.73 Å². The van der Waals surface area contributed by atoms with Gasteiger partial charge in [-0.05, 0) is 44.4 Å². The summed E-state index contributed by atoms with van der Waals surface area (Å²) in [6.07, 6.45) is 10.3. The zero-order valence-electron chi connectivity index (χ0n) is 12.3. The molecule has 19 heavy (non-hydrogen) atoms. The zero-order chi connectivity index (χ0) is 13.4. The number of nitrogens with zero attached hydrogens (tertiary/aromatic N) is 2. The average Bonchev–Trinajstić information content (AvgIpc) is 2.96. The highest BCUT2D eigenvalue weighted by Crippen LogP contribution is 2.36. The molecular weight excluding hydrogens is 234 g/mol. The van der Waals surface area contributed by atoms with E-state index in [0.717, 1.165) is 18.4 Å². The molecule has 106 valence electrons. The Morgan fingerprint density at radius 1 is 1.32 bits per heavy atom. The van der Waals surface area contributed by atoms with Crippen LogP contribution in [0.5, 0.6) is 0 Å². The van der Waals surface area contributed by atoms with Crippen molar-refractivity contribution in [3.05, 3.63) is 11.6 Å². The second kappa shape index (κ2) is 5.18. The molecule has 0 aromatic carbocycles. The predicted molar refractivity (Wildman–Crippen MR) is 80.0 cm³/mol. The van der Waals surface area contributed by atoms with Crippen LogP contribution in [0.4, 0.5) is 0 Å². The maximum Gasteiger partial charge on any atom is 0.191 e. The summed E-state index contributed by atoms with van der Waals surface area (Å²) < 4.78 is 0. The number of allylic oxidation sites excluding steroid dienone is 2. The van der Waals surface area contributed by atoms with E-state index in [-0.39, 0.29) is 0 Å². The van der Waals surface area contributed by atoms with E-state index in [9.17, 15) is 0 Å². The zero-order valence-corrected chi connectivity index (χ0v) is 12.3. The highest BCUT2D eigenvalue weighted by atomic mass is 15.3. The van der Waals surface area contributed by atoms with Gasteiger partial charge in [-0.25, -0.2) is 0 Å². The van der Waals surface area contributed by atoms with Crippen molar-refractivity contribution in [1.29, 1.82) is 0 Å². The van der Waals surface area contributed by atoms with Crippen LogP contribution >= 0.6 is 0 Å². The first-order chi connectivity index (χ1) is 9.15. The second-order valence-electron chi connectivity index (χ2n) is 6.80. The van der Waals surface area contributed by atoms with Crippen molar-refractivity contribution in [3.63, 3.8) is 0 Å². The Morgan fingerprint density at radius 3 is 2.74 bits per heavy atom. The number of nitrogens with two attached hydrogens (primary N) is 1. The van der Waals surface area contributed by atoms with Crippen LogP contribution in [0, 0.1) is 11.8 Å². The van der Waals surface area contributed by atoms with Crippen LogP contribution in [0.3, 0.4) is 0 Å². The first-order valence-electron chi connectivity index (χ1n) is 7.90. The van der Waals surface area contributed by atoms with Crippen LogP contribution in [-0.2, 0) is 0 Å². The van der Waals surface area contributed by atoms with Crippen molar-refractivity contribution in [2.75, 3.05) is 6.54 Å². The van der Waals surface area contributed by atoms with E-state index in [1.807, 2.05) is 0 Å². The van der Waals surface area contributed by atoms with Gasteiger partial charge >= 0.3 is 0 Å². The lowest BCUT2D eigenvalue weighted by molar-refractivity contribution is 0.176. The highest BCUT2D eigenvalue weighted by Gasteiger charge is 2.39. The quantitative estimate of drug-likeness (QED) is 0.777. The summed E-state index contributed by atoms with van der Waals surface area (Å²) in [6, 6.07) is 1.23. The van der Waals surface area contributed by atoms with E-state index in [2.05, 4.69) is 29.8 Å². The molecule has 1 aliphatic heterocycles. The SMILES string of the molecule is CC1=CC(C)CC(C2CN=C(N)N2C2CCCC2)C1. The number of rotatable bonds is 2. The fourth-order valence-corrected chi connectivity index (χ4v) is 4.43. The van der Waals surface area contributed by atoms with E-state index >= 15 is 0 Å². The van der Waals surface area contributed by atoms with E-state index in [1.54, 1.807) is 5.57 Å². The second-order valence-corrected chi connectivity index (χ2v) is 6.80. The summed E-state index contributed by atoms with van der Waals surface area (Å²) in [5, 5.41) is 0. The molecule has 0 saturated heterocycles. The minimum atomic E-state index is 0.564. The minimum Gasteiger partial charge on any atom is -0.370 e. The van der Waals surface area contributed by atoms with Crippen molar-refractivity contribution < 1.29 is 0 Å². The Labute approximate surface area is 117 Å². The van der Waals surface area contributed by atoms with Crippen molar-refractivity contribution >= 4 is 5.96 Å². The largest absolute Gasteiger partial charge is 0.370 e. The van der Waals surface area contributed by atoms with E-state index in [4.69, 9.17) is 5.73 Å². The lowest BCUT2D eigenvalue weighted by Gasteiger charge is -2.39. The minimum absolute atomic E-state index is 0.564. The number of guanidine groups is 1. The van der Waals surface area contributed by atoms with E-state index in [1.165, 1.54) is 38.5 Å². The Hall–Kier alpha value is -0.990. The van der Waals surface area contributed by atoms with Gasteiger partial charge in [0, 0.05) is 6.04 Å². The lowest BCUT2D eigenvalue weighted by Crippen LogP contribution is -2.50. The highest BCUT2D eigenvalue weighted by molar-refractivity contribution is 5.80. The molecule has 1 fully saturated rings.